The van der Waals surface area contributed by atoms with Gasteiger partial charge >= 0.3 is 0 Å². The van der Waals surface area contributed by atoms with Crippen LogP contribution in [0.15, 0.2) is 36.7 Å². The summed E-state index contributed by atoms with van der Waals surface area (Å²) in [5.41, 5.74) is 1.26. The molecule has 8 nitrogen and oxygen atoms in total. The molecule has 0 aliphatic rings. The molecule has 2 aromatic heterocycles. The minimum atomic E-state index is -4.17. The van der Waals surface area contributed by atoms with E-state index in [9.17, 15) is 16.8 Å². The van der Waals surface area contributed by atoms with Crippen LogP contribution in [0.1, 0.15) is 11.1 Å². The lowest BCUT2D eigenvalue weighted by Gasteiger charge is -2.05. The number of rotatable bonds is 5. The zero-order valence-electron chi connectivity index (χ0n) is 11.1. The average Bonchev–Trinajstić information content (AvgIpc) is 2.35. The Bertz CT molecular complexity index is 818. The first kappa shape index (κ1) is 16.5. The van der Waals surface area contributed by atoms with Gasteiger partial charge in [0.1, 0.15) is 11.5 Å². The minimum Gasteiger partial charge on any atom is -0.285 e. The summed E-state index contributed by atoms with van der Waals surface area (Å²) < 4.78 is 61.2. The van der Waals surface area contributed by atoms with Gasteiger partial charge in [0.15, 0.2) is 0 Å². The molecule has 0 saturated heterocycles. The molecule has 0 bridgehead atoms. The van der Waals surface area contributed by atoms with Crippen molar-refractivity contribution in [3.05, 3.63) is 47.8 Å². The van der Waals surface area contributed by atoms with E-state index in [1.807, 2.05) is 0 Å². The Morgan fingerprint density at radius 1 is 0.773 bits per heavy atom. The van der Waals surface area contributed by atoms with Crippen molar-refractivity contribution in [1.82, 2.24) is 9.97 Å². The molecule has 0 atom stereocenters. The molecule has 0 amide bonds. The van der Waals surface area contributed by atoms with E-state index in [1.165, 1.54) is 36.7 Å². The first-order chi connectivity index (χ1) is 10.1. The monoisotopic (exact) mass is 344 g/mol. The van der Waals surface area contributed by atoms with Gasteiger partial charge in [0.2, 0.25) is 0 Å². The van der Waals surface area contributed by atoms with E-state index in [4.69, 9.17) is 9.11 Å². The predicted molar refractivity (Wildman–Crippen MR) is 78.0 cm³/mol. The summed E-state index contributed by atoms with van der Waals surface area (Å²) in [4.78, 5) is 8.05. The fourth-order valence-electron chi connectivity index (χ4n) is 1.83. The summed E-state index contributed by atoms with van der Waals surface area (Å²) in [6.45, 7) is 0. The molecule has 22 heavy (non-hydrogen) atoms. The van der Waals surface area contributed by atoms with Crippen molar-refractivity contribution in [2.75, 3.05) is 0 Å². The van der Waals surface area contributed by atoms with Crippen molar-refractivity contribution in [2.45, 2.75) is 11.5 Å². The lowest BCUT2D eigenvalue weighted by Crippen LogP contribution is -2.03. The Labute approximate surface area is 127 Å². The largest absolute Gasteiger partial charge is 0.285 e. The summed E-state index contributed by atoms with van der Waals surface area (Å²) >= 11 is 0. The van der Waals surface area contributed by atoms with Gasteiger partial charge in [-0.3, -0.25) is 19.1 Å². The zero-order valence-corrected chi connectivity index (χ0v) is 12.7. The van der Waals surface area contributed by atoms with Gasteiger partial charge in [-0.1, -0.05) is 0 Å². The van der Waals surface area contributed by atoms with Crippen LogP contribution in [0, 0.1) is 0 Å². The highest BCUT2D eigenvalue weighted by Gasteiger charge is 2.11. The van der Waals surface area contributed by atoms with E-state index in [-0.39, 0.29) is 0 Å². The molecule has 2 heterocycles. The number of nitrogens with zero attached hydrogens (tertiary/aromatic N) is 2. The van der Waals surface area contributed by atoms with Crippen LogP contribution in [0.25, 0.3) is 11.4 Å². The maximum absolute atomic E-state index is 10.9. The van der Waals surface area contributed by atoms with E-state index >= 15 is 0 Å². The lowest BCUT2D eigenvalue weighted by atomic mass is 10.1. The van der Waals surface area contributed by atoms with E-state index < -0.39 is 31.7 Å². The first-order valence-electron chi connectivity index (χ1n) is 5.93. The molecule has 2 aromatic rings. The minimum absolute atomic E-state index is 0.314. The maximum Gasteiger partial charge on any atom is 0.269 e. The standard InChI is InChI=1S/C12H12N2O6S2/c15-21(16,17)7-9-1-3-13-11(5-9)12-6-10(2-4-14-12)8-22(18,19)20/h1-6H,7-8H2,(H,15,16,17)(H,18,19,20). The molecule has 10 heteroatoms. The molecule has 2 rings (SSSR count). The Morgan fingerprint density at radius 3 is 1.45 bits per heavy atom. The van der Waals surface area contributed by atoms with E-state index in [0.29, 0.717) is 22.5 Å². The second-order valence-corrected chi connectivity index (χ2v) is 7.46. The van der Waals surface area contributed by atoms with Crippen LogP contribution >= 0.6 is 0 Å². The van der Waals surface area contributed by atoms with Gasteiger partial charge in [0.05, 0.1) is 11.4 Å². The van der Waals surface area contributed by atoms with Crippen molar-refractivity contribution >= 4 is 20.2 Å². The second kappa shape index (κ2) is 6.08. The van der Waals surface area contributed by atoms with Crippen LogP contribution in [-0.4, -0.2) is 35.9 Å². The average molecular weight is 344 g/mol. The summed E-state index contributed by atoms with van der Waals surface area (Å²) in [7, 11) is -8.34. The number of hydrogen-bond acceptors (Lipinski definition) is 6. The van der Waals surface area contributed by atoms with Crippen LogP contribution in [0.4, 0.5) is 0 Å². The van der Waals surface area contributed by atoms with Gasteiger partial charge < -0.3 is 0 Å². The smallest absolute Gasteiger partial charge is 0.269 e. The molecule has 118 valence electrons. The van der Waals surface area contributed by atoms with E-state index in [1.54, 1.807) is 0 Å². The SMILES string of the molecule is O=S(=O)(O)Cc1ccnc(-c2cc(CS(=O)(=O)O)ccn2)c1. The third kappa shape index (κ3) is 5.15. The summed E-state index contributed by atoms with van der Waals surface area (Å²) in [5, 5.41) is 0. The summed E-state index contributed by atoms with van der Waals surface area (Å²) in [5.74, 6) is -1.12. The van der Waals surface area contributed by atoms with Gasteiger partial charge in [-0.05, 0) is 35.4 Å². The van der Waals surface area contributed by atoms with Crippen molar-refractivity contribution in [3.63, 3.8) is 0 Å². The third-order valence-corrected chi connectivity index (χ3v) is 4.01. The van der Waals surface area contributed by atoms with Crippen LogP contribution in [-0.2, 0) is 31.7 Å². The van der Waals surface area contributed by atoms with Gasteiger partial charge in [-0.15, -0.1) is 0 Å². The molecular weight excluding hydrogens is 332 g/mol. The van der Waals surface area contributed by atoms with Crippen molar-refractivity contribution in [1.29, 1.82) is 0 Å². The van der Waals surface area contributed by atoms with Gasteiger partial charge in [0.25, 0.3) is 20.2 Å². The van der Waals surface area contributed by atoms with Gasteiger partial charge in [-0.25, -0.2) is 0 Å². The molecule has 0 aromatic carbocycles. The number of pyridine rings is 2. The van der Waals surface area contributed by atoms with Crippen LogP contribution in [0.5, 0.6) is 0 Å². The highest BCUT2D eigenvalue weighted by atomic mass is 32.2. The van der Waals surface area contributed by atoms with Crippen LogP contribution in [0.2, 0.25) is 0 Å². The first-order valence-corrected chi connectivity index (χ1v) is 9.15. The van der Waals surface area contributed by atoms with Crippen molar-refractivity contribution in [3.8, 4) is 11.4 Å². The fourth-order valence-corrected chi connectivity index (χ4v) is 3.03. The van der Waals surface area contributed by atoms with Gasteiger partial charge in [0, 0.05) is 12.4 Å². The zero-order chi connectivity index (χ0) is 16.4. The number of aromatic nitrogens is 2. The summed E-state index contributed by atoms with van der Waals surface area (Å²) in [6, 6.07) is 5.71. The van der Waals surface area contributed by atoms with Crippen molar-refractivity contribution < 1.29 is 25.9 Å². The summed E-state index contributed by atoms with van der Waals surface area (Å²) in [6.07, 6.45) is 2.71. The fraction of sp³-hybridized carbons (Fsp3) is 0.167. The van der Waals surface area contributed by atoms with E-state index in [0.717, 1.165) is 0 Å². The molecule has 0 unspecified atom stereocenters. The molecule has 0 aliphatic carbocycles. The highest BCUT2D eigenvalue weighted by molar-refractivity contribution is 7.85. The van der Waals surface area contributed by atoms with E-state index in [2.05, 4.69) is 9.97 Å². The molecule has 0 saturated carbocycles. The Hall–Kier alpha value is -1.88. The second-order valence-electron chi connectivity index (χ2n) is 4.55. The topological polar surface area (TPSA) is 135 Å². The maximum atomic E-state index is 10.9. The molecular formula is C12H12N2O6S2. The molecule has 0 aliphatic heterocycles. The predicted octanol–water partition coefficient (Wildman–Crippen LogP) is 0.919. The Morgan fingerprint density at radius 2 is 1.14 bits per heavy atom. The Balaban J connectivity index is 2.36. The van der Waals surface area contributed by atoms with Crippen LogP contribution in [0.3, 0.4) is 0 Å². The lowest BCUT2D eigenvalue weighted by molar-refractivity contribution is 0.479. The van der Waals surface area contributed by atoms with Crippen molar-refractivity contribution in [2.24, 2.45) is 0 Å². The van der Waals surface area contributed by atoms with Gasteiger partial charge in [-0.2, -0.15) is 16.8 Å². The molecule has 2 N–H and O–H groups in total. The third-order valence-electron chi connectivity index (χ3n) is 2.61. The normalized spacial score (nSPS) is 12.3. The van der Waals surface area contributed by atoms with Crippen LogP contribution < -0.4 is 0 Å². The molecule has 0 fully saturated rings. The highest BCUT2D eigenvalue weighted by Crippen LogP contribution is 2.18. The molecule has 0 radical (unpaired) electrons. The number of hydrogen-bond donors (Lipinski definition) is 2. The molecule has 0 spiro atoms. The Kier molecular flexibility index (Phi) is 4.56. The quantitative estimate of drug-likeness (QED) is 0.765.